The van der Waals surface area contributed by atoms with E-state index in [2.05, 4.69) is 15.6 Å². The van der Waals surface area contributed by atoms with Crippen molar-refractivity contribution in [3.63, 3.8) is 0 Å². The van der Waals surface area contributed by atoms with Gasteiger partial charge in [0.05, 0.1) is 17.1 Å². The summed E-state index contributed by atoms with van der Waals surface area (Å²) in [5, 5.41) is 12.8. The van der Waals surface area contributed by atoms with Gasteiger partial charge in [-0.2, -0.15) is 18.3 Å². The highest BCUT2D eigenvalue weighted by atomic mass is 32.1. The summed E-state index contributed by atoms with van der Waals surface area (Å²) >= 11 is 1.46. The minimum absolute atomic E-state index is 0.0396. The van der Waals surface area contributed by atoms with Crippen molar-refractivity contribution < 1.29 is 36.4 Å². The first-order valence-electron chi connectivity index (χ1n) is 13.3. The average Bonchev–Trinajstić information content (AvgIpc) is 3.69. The van der Waals surface area contributed by atoms with E-state index in [0.717, 1.165) is 27.9 Å². The van der Waals surface area contributed by atoms with Gasteiger partial charge in [0.1, 0.15) is 30.0 Å². The van der Waals surface area contributed by atoms with Crippen LogP contribution in [0, 0.1) is 18.6 Å². The number of halogens is 5. The maximum atomic E-state index is 13.8. The number of amides is 2. The zero-order chi connectivity index (χ0) is 30.0. The molecule has 2 aliphatic rings. The summed E-state index contributed by atoms with van der Waals surface area (Å²) in [6.07, 6.45) is -3.49. The molecule has 4 heterocycles. The summed E-state index contributed by atoms with van der Waals surface area (Å²) in [4.78, 5) is 36.8. The van der Waals surface area contributed by atoms with Crippen LogP contribution in [-0.2, 0) is 33.7 Å². The van der Waals surface area contributed by atoms with Crippen LogP contribution in [0.25, 0.3) is 0 Å². The van der Waals surface area contributed by atoms with Crippen LogP contribution in [0.3, 0.4) is 0 Å². The molecule has 0 saturated carbocycles. The number of carbonyl (C=O) groups is 2. The van der Waals surface area contributed by atoms with Gasteiger partial charge in [0.2, 0.25) is 11.8 Å². The van der Waals surface area contributed by atoms with Crippen molar-refractivity contribution in [2.24, 2.45) is 5.16 Å². The molecule has 1 atom stereocenters. The Balaban J connectivity index is 1.08. The van der Waals surface area contributed by atoms with Crippen LogP contribution in [0.1, 0.15) is 59.3 Å². The molecular weight excluding hydrogens is 583 g/mol. The first kappa shape index (κ1) is 29.6. The molecule has 1 saturated heterocycles. The van der Waals surface area contributed by atoms with Gasteiger partial charge in [-0.3, -0.25) is 14.3 Å². The lowest BCUT2D eigenvalue weighted by atomic mass is 9.97. The van der Waals surface area contributed by atoms with E-state index in [1.807, 2.05) is 5.38 Å². The zero-order valence-corrected chi connectivity index (χ0v) is 23.3. The molecule has 224 valence electrons. The fourth-order valence-electron chi connectivity index (χ4n) is 4.88. The predicted molar refractivity (Wildman–Crippen MR) is 141 cm³/mol. The quantitative estimate of drug-likeness (QED) is 0.377. The van der Waals surface area contributed by atoms with Crippen molar-refractivity contribution in [3.8, 4) is 0 Å². The second-order valence-corrected chi connectivity index (χ2v) is 11.1. The van der Waals surface area contributed by atoms with Gasteiger partial charge in [0, 0.05) is 48.6 Å². The zero-order valence-electron chi connectivity index (χ0n) is 22.5. The second-order valence-electron chi connectivity index (χ2n) is 10.2. The molecule has 1 unspecified atom stereocenters. The third-order valence-corrected chi connectivity index (χ3v) is 8.25. The number of carbonyl (C=O) groups excluding carboxylic acids is 2. The van der Waals surface area contributed by atoms with Crippen LogP contribution in [-0.4, -0.2) is 56.4 Å². The lowest BCUT2D eigenvalue weighted by molar-refractivity contribution is -0.142. The highest BCUT2D eigenvalue weighted by molar-refractivity contribution is 7.10. The van der Waals surface area contributed by atoms with Crippen molar-refractivity contribution in [3.05, 3.63) is 68.9 Å². The van der Waals surface area contributed by atoms with E-state index < -0.39 is 35.5 Å². The number of piperidine rings is 1. The maximum absolute atomic E-state index is 13.8. The number of nitrogens with zero attached hydrogens (tertiary/aromatic N) is 5. The topological polar surface area (TPSA) is 102 Å². The molecule has 0 bridgehead atoms. The van der Waals surface area contributed by atoms with Crippen LogP contribution >= 0.6 is 11.3 Å². The van der Waals surface area contributed by atoms with Crippen LogP contribution in [0.4, 0.5) is 22.0 Å². The summed E-state index contributed by atoms with van der Waals surface area (Å²) in [6.45, 7) is 1.84. The standard InChI is InChI=1S/C27H27F5N6O3S/c1-15-9-23(27(30,31)32)35-38(15)13-25(40)37-7-5-16(6-8-37)26-34-22(14-42-26)21-10-17(41-36-21)11-24(39)33-12-18-19(28)3-2-4-20(18)29/h2-4,9,14,16-17H,5-8,10-13H2,1H3,(H,33,39). The van der Waals surface area contributed by atoms with Gasteiger partial charge in [-0.1, -0.05) is 11.2 Å². The summed E-state index contributed by atoms with van der Waals surface area (Å²) in [7, 11) is 0. The average molecular weight is 611 g/mol. The third-order valence-electron chi connectivity index (χ3n) is 7.24. The minimum Gasteiger partial charge on any atom is -0.391 e. The molecule has 0 radical (unpaired) electrons. The van der Waals surface area contributed by atoms with E-state index in [1.54, 1.807) is 4.90 Å². The van der Waals surface area contributed by atoms with Gasteiger partial charge in [0.25, 0.3) is 0 Å². The molecule has 0 aliphatic carbocycles. The number of rotatable bonds is 8. The van der Waals surface area contributed by atoms with Crippen molar-refractivity contribution >= 4 is 28.9 Å². The maximum Gasteiger partial charge on any atom is 0.435 e. The lowest BCUT2D eigenvalue weighted by Gasteiger charge is -2.31. The first-order chi connectivity index (χ1) is 20.0. The molecule has 2 aliphatic heterocycles. The lowest BCUT2D eigenvalue weighted by Crippen LogP contribution is -2.40. The number of oxime groups is 1. The largest absolute Gasteiger partial charge is 0.435 e. The van der Waals surface area contributed by atoms with Crippen LogP contribution < -0.4 is 5.32 Å². The van der Waals surface area contributed by atoms with E-state index in [-0.39, 0.29) is 42.6 Å². The number of hydrogen-bond acceptors (Lipinski definition) is 7. The molecule has 0 spiro atoms. The van der Waals surface area contributed by atoms with Crippen LogP contribution in [0.2, 0.25) is 0 Å². The molecular formula is C27H27F5N6O3S. The minimum atomic E-state index is -4.57. The molecule has 1 fully saturated rings. The van der Waals surface area contributed by atoms with Gasteiger partial charge >= 0.3 is 6.18 Å². The fourth-order valence-corrected chi connectivity index (χ4v) is 5.88. The number of thiazole rings is 1. The Morgan fingerprint density at radius 1 is 1.17 bits per heavy atom. The highest BCUT2D eigenvalue weighted by Crippen LogP contribution is 2.32. The van der Waals surface area contributed by atoms with Crippen molar-refractivity contribution in [2.75, 3.05) is 13.1 Å². The Labute approximate surface area is 241 Å². The van der Waals surface area contributed by atoms with Gasteiger partial charge in [-0.05, 0) is 38.0 Å². The number of nitrogens with one attached hydrogen (secondary N) is 1. The van der Waals surface area contributed by atoms with E-state index in [1.165, 1.54) is 24.3 Å². The van der Waals surface area contributed by atoms with Gasteiger partial charge in [0.15, 0.2) is 5.69 Å². The normalized spacial score (nSPS) is 17.7. The smallest absolute Gasteiger partial charge is 0.391 e. The Bertz CT molecular complexity index is 1480. The number of aryl methyl sites for hydroxylation is 1. The number of alkyl halides is 3. The van der Waals surface area contributed by atoms with E-state index in [4.69, 9.17) is 9.82 Å². The van der Waals surface area contributed by atoms with Crippen LogP contribution in [0.5, 0.6) is 0 Å². The molecule has 2 aromatic heterocycles. The van der Waals surface area contributed by atoms with Gasteiger partial charge in [-0.25, -0.2) is 13.8 Å². The fraction of sp³-hybridized carbons (Fsp3) is 0.444. The van der Waals surface area contributed by atoms with Gasteiger partial charge < -0.3 is 15.1 Å². The molecule has 3 aromatic rings. The highest BCUT2D eigenvalue weighted by Gasteiger charge is 2.35. The summed E-state index contributed by atoms with van der Waals surface area (Å²) < 4.78 is 67.4. The summed E-state index contributed by atoms with van der Waals surface area (Å²) in [5.41, 5.74) is 0.262. The molecule has 15 heteroatoms. The number of likely N-dealkylation sites (tertiary alicyclic amines) is 1. The molecule has 2 amide bonds. The van der Waals surface area contributed by atoms with Crippen LogP contribution in [0.15, 0.2) is 34.8 Å². The molecule has 5 rings (SSSR count). The Hall–Kier alpha value is -3.88. The van der Waals surface area contributed by atoms with Crippen molar-refractivity contribution in [1.82, 2.24) is 25.0 Å². The van der Waals surface area contributed by atoms with Gasteiger partial charge in [-0.15, -0.1) is 11.3 Å². The summed E-state index contributed by atoms with van der Waals surface area (Å²) in [6, 6.07) is 4.42. The molecule has 1 aromatic carbocycles. The second kappa shape index (κ2) is 12.2. The number of aromatic nitrogens is 3. The Morgan fingerprint density at radius 3 is 2.55 bits per heavy atom. The number of benzene rings is 1. The first-order valence-corrected chi connectivity index (χ1v) is 14.1. The van der Waals surface area contributed by atoms with Crippen molar-refractivity contribution in [2.45, 2.75) is 63.9 Å². The Morgan fingerprint density at radius 2 is 1.88 bits per heavy atom. The monoisotopic (exact) mass is 610 g/mol. The molecule has 9 nitrogen and oxygen atoms in total. The molecule has 42 heavy (non-hydrogen) atoms. The molecule has 1 N–H and O–H groups in total. The third kappa shape index (κ3) is 6.77. The van der Waals surface area contributed by atoms with E-state index >= 15 is 0 Å². The predicted octanol–water partition coefficient (Wildman–Crippen LogP) is 4.55. The number of hydrogen-bond donors (Lipinski definition) is 1. The van der Waals surface area contributed by atoms with E-state index in [9.17, 15) is 31.5 Å². The SMILES string of the molecule is Cc1cc(C(F)(F)F)nn1CC(=O)N1CCC(c2nc(C3=NOC(CC(=O)NCc4c(F)cccc4F)C3)cs2)CC1. The summed E-state index contributed by atoms with van der Waals surface area (Å²) in [5.74, 6) is -2.08. The van der Waals surface area contributed by atoms with E-state index in [0.29, 0.717) is 43.8 Å². The van der Waals surface area contributed by atoms with Crippen molar-refractivity contribution in [1.29, 1.82) is 0 Å². The Kier molecular flexibility index (Phi) is 8.57.